The highest BCUT2D eigenvalue weighted by atomic mass is 31.2. The Hall–Kier alpha value is -1.11. The van der Waals surface area contributed by atoms with E-state index in [4.69, 9.17) is 0 Å². The van der Waals surface area contributed by atoms with E-state index in [0.29, 0.717) is 11.5 Å². The molecular formula is C11H9O2P. The molecule has 1 N–H and O–H groups in total. The van der Waals surface area contributed by atoms with Gasteiger partial charge in [-0.3, -0.25) is 4.57 Å². The first-order valence-corrected chi connectivity index (χ1v) is 6.36. The Morgan fingerprint density at radius 1 is 1.14 bits per heavy atom. The smallest absolute Gasteiger partial charge is 0.234 e. The zero-order valence-corrected chi connectivity index (χ0v) is 8.37. The summed E-state index contributed by atoms with van der Waals surface area (Å²) in [5.41, 5.74) is 1.00. The van der Waals surface area contributed by atoms with E-state index >= 15 is 0 Å². The van der Waals surface area contributed by atoms with Gasteiger partial charge < -0.3 is 4.89 Å². The van der Waals surface area contributed by atoms with Crippen molar-refractivity contribution in [3.05, 3.63) is 42.0 Å². The highest BCUT2D eigenvalue weighted by Gasteiger charge is 2.31. The number of benzene rings is 2. The van der Waals surface area contributed by atoms with E-state index in [0.717, 1.165) is 16.3 Å². The van der Waals surface area contributed by atoms with Crippen LogP contribution in [-0.2, 0) is 10.7 Å². The minimum atomic E-state index is -3.10. The van der Waals surface area contributed by atoms with Crippen molar-refractivity contribution in [1.82, 2.24) is 0 Å². The molecular weight excluding hydrogens is 195 g/mol. The van der Waals surface area contributed by atoms with Gasteiger partial charge in [-0.15, -0.1) is 0 Å². The first kappa shape index (κ1) is 8.22. The number of hydrogen-bond acceptors (Lipinski definition) is 1. The van der Waals surface area contributed by atoms with Crippen molar-refractivity contribution in [3.63, 3.8) is 0 Å². The maximum absolute atomic E-state index is 11.9. The van der Waals surface area contributed by atoms with Crippen LogP contribution in [0.5, 0.6) is 0 Å². The Kier molecular flexibility index (Phi) is 1.45. The molecule has 0 saturated heterocycles. The maximum Gasteiger partial charge on any atom is 0.234 e. The van der Waals surface area contributed by atoms with E-state index in [1.807, 2.05) is 30.3 Å². The number of hydrogen-bond donors (Lipinski definition) is 1. The van der Waals surface area contributed by atoms with Gasteiger partial charge in [-0.1, -0.05) is 30.3 Å². The van der Waals surface area contributed by atoms with Gasteiger partial charge >= 0.3 is 0 Å². The fourth-order valence-corrected chi connectivity index (χ4v) is 3.97. The molecule has 0 radical (unpaired) electrons. The Balaban J connectivity index is 2.56. The molecule has 1 unspecified atom stereocenters. The SMILES string of the molecule is O=P1(O)Cc2cccc3cccc1c23. The van der Waals surface area contributed by atoms with Gasteiger partial charge in [0.2, 0.25) is 7.37 Å². The van der Waals surface area contributed by atoms with E-state index in [-0.39, 0.29) is 0 Å². The molecule has 3 rings (SSSR count). The standard InChI is InChI=1S/C11H9O2P/c12-14(13)7-9-5-1-3-8-4-2-6-10(14)11(8)9/h1-6H,7H2,(H,12,13). The van der Waals surface area contributed by atoms with Crippen LogP contribution >= 0.6 is 7.37 Å². The maximum atomic E-state index is 11.9. The van der Waals surface area contributed by atoms with E-state index < -0.39 is 7.37 Å². The Bertz CT molecular complexity index is 569. The fourth-order valence-electron chi connectivity index (χ4n) is 2.14. The summed E-state index contributed by atoms with van der Waals surface area (Å²) in [5.74, 6) is 0. The summed E-state index contributed by atoms with van der Waals surface area (Å²) in [6.07, 6.45) is 0.295. The van der Waals surface area contributed by atoms with Crippen LogP contribution in [0.4, 0.5) is 0 Å². The molecule has 2 nitrogen and oxygen atoms in total. The van der Waals surface area contributed by atoms with Crippen LogP contribution in [0.1, 0.15) is 5.56 Å². The molecule has 1 aliphatic rings. The molecule has 0 bridgehead atoms. The zero-order chi connectivity index (χ0) is 9.76. The monoisotopic (exact) mass is 204 g/mol. The lowest BCUT2D eigenvalue weighted by Gasteiger charge is -2.03. The third-order valence-electron chi connectivity index (χ3n) is 2.73. The van der Waals surface area contributed by atoms with Gasteiger partial charge in [-0.25, -0.2) is 0 Å². The number of rotatable bonds is 0. The van der Waals surface area contributed by atoms with Gasteiger partial charge in [0, 0.05) is 5.30 Å². The first-order chi connectivity index (χ1) is 6.68. The van der Waals surface area contributed by atoms with Gasteiger partial charge in [0.05, 0.1) is 6.16 Å². The van der Waals surface area contributed by atoms with Gasteiger partial charge in [-0.05, 0) is 22.4 Å². The van der Waals surface area contributed by atoms with Crippen molar-refractivity contribution in [3.8, 4) is 0 Å². The molecule has 2 aromatic carbocycles. The molecule has 0 amide bonds. The molecule has 0 aliphatic carbocycles. The lowest BCUT2D eigenvalue weighted by molar-refractivity contribution is 0.490. The molecule has 1 aliphatic heterocycles. The minimum absolute atomic E-state index is 0.295. The van der Waals surface area contributed by atoms with E-state index in [9.17, 15) is 9.46 Å². The van der Waals surface area contributed by atoms with Gasteiger partial charge in [0.25, 0.3) is 0 Å². The summed E-state index contributed by atoms with van der Waals surface area (Å²) >= 11 is 0. The van der Waals surface area contributed by atoms with Crippen LogP contribution in [-0.4, -0.2) is 4.89 Å². The van der Waals surface area contributed by atoms with Crippen molar-refractivity contribution in [2.45, 2.75) is 6.16 Å². The van der Waals surface area contributed by atoms with E-state index in [1.54, 1.807) is 6.07 Å². The Morgan fingerprint density at radius 3 is 2.64 bits per heavy atom. The molecule has 1 heterocycles. The quantitative estimate of drug-likeness (QED) is 0.668. The minimum Gasteiger partial charge on any atom is -0.341 e. The van der Waals surface area contributed by atoms with Crippen LogP contribution in [0.2, 0.25) is 0 Å². The summed E-state index contributed by atoms with van der Waals surface area (Å²) in [7, 11) is -3.10. The van der Waals surface area contributed by atoms with Crippen molar-refractivity contribution in [1.29, 1.82) is 0 Å². The fraction of sp³-hybridized carbons (Fsp3) is 0.0909. The molecule has 0 saturated carbocycles. The molecule has 0 spiro atoms. The molecule has 70 valence electrons. The summed E-state index contributed by atoms with van der Waals surface area (Å²) in [5, 5.41) is 2.68. The van der Waals surface area contributed by atoms with Crippen LogP contribution < -0.4 is 5.30 Å². The summed E-state index contributed by atoms with van der Waals surface area (Å²) < 4.78 is 11.9. The molecule has 3 heteroatoms. The van der Waals surface area contributed by atoms with Crippen LogP contribution in [0, 0.1) is 0 Å². The topological polar surface area (TPSA) is 37.3 Å². The van der Waals surface area contributed by atoms with Gasteiger partial charge in [0.15, 0.2) is 0 Å². The molecule has 1 atom stereocenters. The van der Waals surface area contributed by atoms with Crippen molar-refractivity contribution < 1.29 is 9.46 Å². The normalized spacial score (nSPS) is 24.4. The van der Waals surface area contributed by atoms with E-state index in [1.165, 1.54) is 0 Å². The van der Waals surface area contributed by atoms with Crippen molar-refractivity contribution in [2.24, 2.45) is 0 Å². The second kappa shape index (κ2) is 2.47. The highest BCUT2D eigenvalue weighted by Crippen LogP contribution is 2.51. The predicted octanol–water partition coefficient (Wildman–Crippen LogP) is 2.25. The first-order valence-electron chi connectivity index (χ1n) is 4.51. The summed E-state index contributed by atoms with van der Waals surface area (Å²) in [4.78, 5) is 9.79. The molecule has 0 fully saturated rings. The lowest BCUT2D eigenvalue weighted by atomic mass is 10.1. The average molecular weight is 204 g/mol. The second-order valence-corrected chi connectivity index (χ2v) is 5.85. The third kappa shape index (κ3) is 0.927. The average Bonchev–Trinajstić information content (AvgIpc) is 2.41. The Labute approximate surface area is 81.6 Å². The van der Waals surface area contributed by atoms with Crippen molar-refractivity contribution in [2.75, 3.05) is 0 Å². The third-order valence-corrected chi connectivity index (χ3v) is 4.62. The predicted molar refractivity (Wildman–Crippen MR) is 57.1 cm³/mol. The van der Waals surface area contributed by atoms with Crippen molar-refractivity contribution >= 4 is 23.4 Å². The molecule has 14 heavy (non-hydrogen) atoms. The second-order valence-electron chi connectivity index (χ2n) is 3.65. The lowest BCUT2D eigenvalue weighted by Crippen LogP contribution is -1.99. The zero-order valence-electron chi connectivity index (χ0n) is 7.47. The Morgan fingerprint density at radius 2 is 1.86 bits per heavy atom. The van der Waals surface area contributed by atoms with Crippen LogP contribution in [0.25, 0.3) is 10.8 Å². The summed E-state index contributed by atoms with van der Waals surface area (Å²) in [6.45, 7) is 0. The van der Waals surface area contributed by atoms with Gasteiger partial charge in [0.1, 0.15) is 0 Å². The van der Waals surface area contributed by atoms with E-state index in [2.05, 4.69) is 0 Å². The van der Waals surface area contributed by atoms with Crippen LogP contribution in [0.3, 0.4) is 0 Å². The van der Waals surface area contributed by atoms with Gasteiger partial charge in [-0.2, -0.15) is 0 Å². The summed E-state index contributed by atoms with van der Waals surface area (Å²) in [6, 6.07) is 11.4. The highest BCUT2D eigenvalue weighted by molar-refractivity contribution is 7.66. The largest absolute Gasteiger partial charge is 0.341 e. The molecule has 2 aromatic rings. The molecule has 0 aromatic heterocycles. The van der Waals surface area contributed by atoms with Crippen LogP contribution in [0.15, 0.2) is 36.4 Å².